The molecule has 6 heteroatoms. The topological polar surface area (TPSA) is 49.4 Å². The van der Waals surface area contributed by atoms with Crippen LogP contribution in [0.25, 0.3) is 6.08 Å². The molecule has 2 aromatic rings. The lowest BCUT2D eigenvalue weighted by Crippen LogP contribution is -2.41. The van der Waals surface area contributed by atoms with Gasteiger partial charge in [-0.15, -0.1) is 11.3 Å². The van der Waals surface area contributed by atoms with E-state index >= 15 is 0 Å². The maximum atomic E-state index is 12.3. The van der Waals surface area contributed by atoms with Gasteiger partial charge in [-0.2, -0.15) is 0 Å². The van der Waals surface area contributed by atoms with Gasteiger partial charge in [0.25, 0.3) is 5.91 Å². The highest BCUT2D eigenvalue weighted by molar-refractivity contribution is 9.11. The van der Waals surface area contributed by atoms with Crippen molar-refractivity contribution in [3.8, 4) is 0 Å². The van der Waals surface area contributed by atoms with Crippen molar-refractivity contribution in [2.75, 3.05) is 16.8 Å². The third-order valence-corrected chi connectivity index (χ3v) is 4.61. The Labute approximate surface area is 134 Å². The van der Waals surface area contributed by atoms with Crippen LogP contribution in [0.1, 0.15) is 4.88 Å². The molecule has 1 aromatic heterocycles. The minimum Gasteiger partial charge on any atom is -0.323 e. The summed E-state index contributed by atoms with van der Waals surface area (Å²) in [6.45, 7) is 0.0360. The van der Waals surface area contributed by atoms with Gasteiger partial charge in [0.05, 0.1) is 15.2 Å². The van der Waals surface area contributed by atoms with E-state index in [1.165, 1.54) is 11.0 Å². The largest absolute Gasteiger partial charge is 0.323 e. The summed E-state index contributed by atoms with van der Waals surface area (Å²) in [4.78, 5) is 26.5. The van der Waals surface area contributed by atoms with Crippen LogP contribution < -0.4 is 10.2 Å². The number of nitrogens with one attached hydrogen (secondary N) is 1. The summed E-state index contributed by atoms with van der Waals surface area (Å²) in [5.41, 5.74) is 1.38. The normalized spacial score (nSPS) is 14.1. The maximum Gasteiger partial charge on any atom is 0.251 e. The Morgan fingerprint density at radius 3 is 2.86 bits per heavy atom. The zero-order valence-electron chi connectivity index (χ0n) is 10.9. The van der Waals surface area contributed by atoms with Gasteiger partial charge in [0.15, 0.2) is 0 Å². The minimum absolute atomic E-state index is 0.0360. The first-order valence-electron chi connectivity index (χ1n) is 6.27. The summed E-state index contributed by atoms with van der Waals surface area (Å²) in [6.07, 6.45) is 3.25. The standard InChI is InChI=1S/C15H11BrN2O2S/c16-13-7-5-10(21-13)6-8-15(20)18-9-14(19)17-11-3-1-2-4-12(11)18/h1-8H,9H2,(H,17,19)/b8-6+. The average Bonchev–Trinajstić information content (AvgIpc) is 2.89. The Balaban J connectivity index is 1.85. The number of anilines is 2. The molecule has 106 valence electrons. The smallest absolute Gasteiger partial charge is 0.251 e. The molecule has 1 N–H and O–H groups in total. The number of carbonyl (C=O) groups is 2. The van der Waals surface area contributed by atoms with Gasteiger partial charge < -0.3 is 5.32 Å². The predicted molar refractivity (Wildman–Crippen MR) is 88.5 cm³/mol. The van der Waals surface area contributed by atoms with Crippen LogP contribution in [-0.4, -0.2) is 18.4 Å². The van der Waals surface area contributed by atoms with Gasteiger partial charge in [-0.1, -0.05) is 12.1 Å². The van der Waals surface area contributed by atoms with Crippen molar-refractivity contribution in [1.29, 1.82) is 0 Å². The lowest BCUT2D eigenvalue weighted by Gasteiger charge is -2.28. The number of fused-ring (bicyclic) bond motifs is 1. The van der Waals surface area contributed by atoms with Gasteiger partial charge in [-0.05, 0) is 46.3 Å². The number of thiophene rings is 1. The maximum absolute atomic E-state index is 12.3. The van der Waals surface area contributed by atoms with Crippen LogP contribution in [0, 0.1) is 0 Å². The van der Waals surface area contributed by atoms with Crippen LogP contribution >= 0.6 is 27.3 Å². The summed E-state index contributed by atoms with van der Waals surface area (Å²) < 4.78 is 1.01. The molecular weight excluding hydrogens is 352 g/mol. The van der Waals surface area contributed by atoms with Crippen LogP contribution in [0.5, 0.6) is 0 Å². The lowest BCUT2D eigenvalue weighted by atomic mass is 10.2. The number of nitrogens with zero attached hydrogens (tertiary/aromatic N) is 1. The molecule has 0 atom stereocenters. The zero-order valence-corrected chi connectivity index (χ0v) is 13.3. The number of rotatable bonds is 2. The number of halogens is 1. The number of hydrogen-bond donors (Lipinski definition) is 1. The summed E-state index contributed by atoms with van der Waals surface area (Å²) in [7, 11) is 0. The van der Waals surface area contributed by atoms with Crippen LogP contribution in [0.2, 0.25) is 0 Å². The number of hydrogen-bond acceptors (Lipinski definition) is 3. The fourth-order valence-corrected chi connectivity index (χ4v) is 3.42. The van der Waals surface area contributed by atoms with E-state index in [2.05, 4.69) is 21.2 Å². The summed E-state index contributed by atoms with van der Waals surface area (Å²) in [5.74, 6) is -0.392. The molecule has 0 saturated heterocycles. The molecule has 2 amide bonds. The second-order valence-electron chi connectivity index (χ2n) is 4.46. The molecule has 0 fully saturated rings. The molecule has 2 heterocycles. The van der Waals surface area contributed by atoms with E-state index in [1.54, 1.807) is 23.5 Å². The van der Waals surface area contributed by atoms with E-state index in [1.807, 2.05) is 30.3 Å². The minimum atomic E-state index is -0.207. The molecule has 21 heavy (non-hydrogen) atoms. The van der Waals surface area contributed by atoms with E-state index < -0.39 is 0 Å². The fraction of sp³-hybridized carbons (Fsp3) is 0.0667. The van der Waals surface area contributed by atoms with Crippen molar-refractivity contribution in [2.24, 2.45) is 0 Å². The van der Waals surface area contributed by atoms with Crippen molar-refractivity contribution in [3.63, 3.8) is 0 Å². The van der Waals surface area contributed by atoms with Gasteiger partial charge in [-0.3, -0.25) is 14.5 Å². The van der Waals surface area contributed by atoms with Crippen LogP contribution in [-0.2, 0) is 9.59 Å². The number of amides is 2. The first-order chi connectivity index (χ1) is 10.1. The highest BCUT2D eigenvalue weighted by atomic mass is 79.9. The SMILES string of the molecule is O=C1CN(C(=O)/C=C/c2ccc(Br)s2)c2ccccc2N1. The van der Waals surface area contributed by atoms with Crippen molar-refractivity contribution in [1.82, 2.24) is 0 Å². The summed E-state index contributed by atoms with van der Waals surface area (Å²) in [6, 6.07) is 11.1. The Bertz CT molecular complexity index is 739. The van der Waals surface area contributed by atoms with Gasteiger partial charge in [0.2, 0.25) is 5.91 Å². The monoisotopic (exact) mass is 362 g/mol. The van der Waals surface area contributed by atoms with Crippen molar-refractivity contribution >= 4 is 56.5 Å². The molecule has 1 aliphatic heterocycles. The van der Waals surface area contributed by atoms with Crippen LogP contribution in [0.3, 0.4) is 0 Å². The van der Waals surface area contributed by atoms with Crippen LogP contribution in [0.4, 0.5) is 11.4 Å². The van der Waals surface area contributed by atoms with E-state index in [0.29, 0.717) is 5.69 Å². The van der Waals surface area contributed by atoms with E-state index in [-0.39, 0.29) is 18.4 Å². The first-order valence-corrected chi connectivity index (χ1v) is 7.88. The van der Waals surface area contributed by atoms with E-state index in [9.17, 15) is 9.59 Å². The highest BCUT2D eigenvalue weighted by Gasteiger charge is 2.24. The Hall–Kier alpha value is -1.92. The molecule has 0 saturated carbocycles. The molecule has 0 unspecified atom stereocenters. The summed E-state index contributed by atoms with van der Waals surface area (Å²) in [5, 5.41) is 2.76. The molecule has 0 aliphatic carbocycles. The molecule has 0 bridgehead atoms. The first kappa shape index (κ1) is 14.0. The van der Waals surface area contributed by atoms with Gasteiger partial charge in [-0.25, -0.2) is 0 Å². The van der Waals surface area contributed by atoms with Crippen molar-refractivity contribution < 1.29 is 9.59 Å². The Morgan fingerprint density at radius 1 is 1.29 bits per heavy atom. The van der Waals surface area contributed by atoms with Gasteiger partial charge >= 0.3 is 0 Å². The number of para-hydroxylation sites is 2. The number of carbonyl (C=O) groups excluding carboxylic acids is 2. The Morgan fingerprint density at radius 2 is 2.10 bits per heavy atom. The summed E-state index contributed by atoms with van der Waals surface area (Å²) >= 11 is 4.92. The highest BCUT2D eigenvalue weighted by Crippen LogP contribution is 2.29. The Kier molecular flexibility index (Phi) is 3.90. The molecule has 1 aromatic carbocycles. The molecule has 1 aliphatic rings. The van der Waals surface area contributed by atoms with E-state index in [4.69, 9.17) is 0 Å². The second-order valence-corrected chi connectivity index (χ2v) is 6.96. The quantitative estimate of drug-likeness (QED) is 0.831. The zero-order chi connectivity index (χ0) is 14.8. The average molecular weight is 363 g/mol. The van der Waals surface area contributed by atoms with Gasteiger partial charge in [0, 0.05) is 11.0 Å². The molecule has 4 nitrogen and oxygen atoms in total. The number of benzene rings is 1. The van der Waals surface area contributed by atoms with Gasteiger partial charge in [0.1, 0.15) is 6.54 Å². The predicted octanol–water partition coefficient (Wildman–Crippen LogP) is 3.51. The van der Waals surface area contributed by atoms with Crippen molar-refractivity contribution in [2.45, 2.75) is 0 Å². The third-order valence-electron chi connectivity index (χ3n) is 3.02. The molecule has 0 radical (unpaired) electrons. The molecular formula is C15H11BrN2O2S. The molecule has 0 spiro atoms. The molecule has 3 rings (SSSR count). The fourth-order valence-electron chi connectivity index (χ4n) is 2.09. The third kappa shape index (κ3) is 3.06. The van der Waals surface area contributed by atoms with E-state index in [0.717, 1.165) is 14.4 Å². The second kappa shape index (κ2) is 5.83. The lowest BCUT2D eigenvalue weighted by molar-refractivity contribution is -0.119. The van der Waals surface area contributed by atoms with Crippen LogP contribution in [0.15, 0.2) is 46.3 Å². The van der Waals surface area contributed by atoms with Crippen molar-refractivity contribution in [3.05, 3.63) is 51.1 Å².